The quantitative estimate of drug-likeness (QED) is 0.145. The summed E-state index contributed by atoms with van der Waals surface area (Å²) < 4.78 is 4.88. The van der Waals surface area contributed by atoms with Gasteiger partial charge >= 0.3 is 0 Å². The molecule has 1 unspecified atom stereocenters. The van der Waals surface area contributed by atoms with Crippen molar-refractivity contribution in [1.29, 1.82) is 0 Å². The van der Waals surface area contributed by atoms with Gasteiger partial charge in [-0.3, -0.25) is 0 Å². The van der Waals surface area contributed by atoms with E-state index in [4.69, 9.17) is 15.7 Å². The number of rotatable bonds is 8. The number of ether oxygens (including phenoxy) is 1. The van der Waals surface area contributed by atoms with E-state index >= 15 is 0 Å². The Morgan fingerprint density at radius 2 is 2.27 bits per heavy atom. The summed E-state index contributed by atoms with van der Waals surface area (Å²) in [6.45, 7) is 3.28. The van der Waals surface area contributed by atoms with E-state index in [1.807, 2.05) is 0 Å². The Kier molecular flexibility index (Phi) is 7.02. The van der Waals surface area contributed by atoms with Gasteiger partial charge in [-0.1, -0.05) is 5.16 Å². The van der Waals surface area contributed by atoms with Gasteiger partial charge < -0.3 is 26.1 Å². The van der Waals surface area contributed by atoms with Crippen molar-refractivity contribution in [3.05, 3.63) is 0 Å². The van der Waals surface area contributed by atoms with E-state index in [9.17, 15) is 5.11 Å². The molecule has 0 rings (SSSR count). The zero-order chi connectivity index (χ0) is 11.7. The van der Waals surface area contributed by atoms with Crippen molar-refractivity contribution in [1.82, 2.24) is 5.32 Å². The van der Waals surface area contributed by atoms with E-state index in [1.54, 1.807) is 14.0 Å². The van der Waals surface area contributed by atoms with Crippen molar-refractivity contribution in [2.45, 2.75) is 25.4 Å². The molecule has 0 heterocycles. The number of oxime groups is 1. The van der Waals surface area contributed by atoms with E-state index in [0.717, 1.165) is 0 Å². The van der Waals surface area contributed by atoms with Gasteiger partial charge in [0.25, 0.3) is 0 Å². The minimum atomic E-state index is -0.791. The summed E-state index contributed by atoms with van der Waals surface area (Å²) in [7, 11) is 1.60. The van der Waals surface area contributed by atoms with Gasteiger partial charge in [0, 0.05) is 39.6 Å². The molecule has 0 saturated heterocycles. The lowest BCUT2D eigenvalue weighted by Gasteiger charge is -2.23. The van der Waals surface area contributed by atoms with Crippen LogP contribution < -0.4 is 11.1 Å². The standard InChI is InChI=1S/C9H21N3O3/c1-9(13,4-6-15-2)7-11-5-3-8(10)12-14/h11,13-14H,3-7H2,1-2H3,(H2,10,12). The van der Waals surface area contributed by atoms with Gasteiger partial charge in [0.1, 0.15) is 5.84 Å². The molecule has 0 aliphatic rings. The highest BCUT2D eigenvalue weighted by molar-refractivity contribution is 5.79. The SMILES string of the molecule is COCCC(C)(O)CNCCC(N)=NO. The van der Waals surface area contributed by atoms with Crippen molar-refractivity contribution >= 4 is 5.84 Å². The minimum absolute atomic E-state index is 0.180. The first kappa shape index (κ1) is 14.2. The third-order valence-electron chi connectivity index (χ3n) is 2.04. The molecule has 15 heavy (non-hydrogen) atoms. The average molecular weight is 219 g/mol. The van der Waals surface area contributed by atoms with Crippen molar-refractivity contribution in [2.75, 3.05) is 26.8 Å². The van der Waals surface area contributed by atoms with Crippen LogP contribution in [0.2, 0.25) is 0 Å². The van der Waals surface area contributed by atoms with Crippen LogP contribution in [-0.4, -0.2) is 48.6 Å². The van der Waals surface area contributed by atoms with Crippen LogP contribution in [0, 0.1) is 0 Å². The molecular weight excluding hydrogens is 198 g/mol. The number of nitrogens with zero attached hydrogens (tertiary/aromatic N) is 1. The second kappa shape index (κ2) is 7.44. The third kappa shape index (κ3) is 8.17. The number of nitrogens with two attached hydrogens (primary N) is 1. The molecule has 0 fully saturated rings. The van der Waals surface area contributed by atoms with E-state index < -0.39 is 5.60 Å². The average Bonchev–Trinajstić information content (AvgIpc) is 2.21. The Morgan fingerprint density at radius 3 is 2.80 bits per heavy atom. The third-order valence-corrected chi connectivity index (χ3v) is 2.04. The zero-order valence-electron chi connectivity index (χ0n) is 9.36. The smallest absolute Gasteiger partial charge is 0.140 e. The number of amidine groups is 1. The van der Waals surface area contributed by atoms with Gasteiger partial charge in [0.05, 0.1) is 5.60 Å². The Hall–Kier alpha value is -0.850. The molecule has 0 saturated carbocycles. The molecule has 0 spiro atoms. The monoisotopic (exact) mass is 219 g/mol. The molecule has 0 aromatic heterocycles. The topological polar surface area (TPSA) is 100 Å². The minimum Gasteiger partial charge on any atom is -0.409 e. The van der Waals surface area contributed by atoms with Gasteiger partial charge in [0.2, 0.25) is 0 Å². The van der Waals surface area contributed by atoms with Crippen molar-refractivity contribution in [3.8, 4) is 0 Å². The first-order valence-corrected chi connectivity index (χ1v) is 4.90. The maximum absolute atomic E-state index is 9.81. The number of aliphatic hydroxyl groups is 1. The summed E-state index contributed by atoms with van der Waals surface area (Å²) in [6.07, 6.45) is 1.02. The second-order valence-electron chi connectivity index (χ2n) is 3.76. The molecule has 6 nitrogen and oxygen atoms in total. The molecule has 0 aliphatic carbocycles. The van der Waals surface area contributed by atoms with Gasteiger partial charge in [0.15, 0.2) is 0 Å². The summed E-state index contributed by atoms with van der Waals surface area (Å²) in [6, 6.07) is 0. The van der Waals surface area contributed by atoms with Gasteiger partial charge in [-0.05, 0) is 6.92 Å². The lowest BCUT2D eigenvalue weighted by Crippen LogP contribution is -2.39. The van der Waals surface area contributed by atoms with Crippen LogP contribution in [0.5, 0.6) is 0 Å². The fourth-order valence-electron chi connectivity index (χ4n) is 1.03. The lowest BCUT2D eigenvalue weighted by molar-refractivity contribution is 0.0253. The fourth-order valence-corrected chi connectivity index (χ4v) is 1.03. The van der Waals surface area contributed by atoms with E-state index in [2.05, 4.69) is 10.5 Å². The molecule has 1 atom stereocenters. The van der Waals surface area contributed by atoms with Crippen molar-refractivity contribution in [3.63, 3.8) is 0 Å². The van der Waals surface area contributed by atoms with E-state index in [-0.39, 0.29) is 5.84 Å². The second-order valence-corrected chi connectivity index (χ2v) is 3.76. The van der Waals surface area contributed by atoms with Crippen LogP contribution in [0.3, 0.4) is 0 Å². The summed E-state index contributed by atoms with van der Waals surface area (Å²) in [5, 5.41) is 24.0. The number of methoxy groups -OCH3 is 1. The molecule has 0 radical (unpaired) electrons. The predicted octanol–water partition coefficient (Wildman–Crippen LogP) is -0.500. The van der Waals surface area contributed by atoms with Crippen LogP contribution in [0.15, 0.2) is 5.16 Å². The number of hydrogen-bond acceptors (Lipinski definition) is 5. The van der Waals surface area contributed by atoms with Crippen molar-refractivity contribution < 1.29 is 15.1 Å². The number of nitrogens with one attached hydrogen (secondary N) is 1. The largest absolute Gasteiger partial charge is 0.409 e. The van der Waals surface area contributed by atoms with Crippen LogP contribution >= 0.6 is 0 Å². The number of hydrogen-bond donors (Lipinski definition) is 4. The summed E-state index contributed by atoms with van der Waals surface area (Å²) in [5.74, 6) is 0.180. The molecule has 0 bridgehead atoms. The highest BCUT2D eigenvalue weighted by Crippen LogP contribution is 2.07. The molecule has 0 amide bonds. The predicted molar refractivity (Wildman–Crippen MR) is 58.0 cm³/mol. The highest BCUT2D eigenvalue weighted by atomic mass is 16.5. The molecule has 90 valence electrons. The van der Waals surface area contributed by atoms with Gasteiger partial charge in [-0.25, -0.2) is 0 Å². The molecule has 0 aliphatic heterocycles. The van der Waals surface area contributed by atoms with Crippen LogP contribution in [0.4, 0.5) is 0 Å². The molecular formula is C9H21N3O3. The van der Waals surface area contributed by atoms with E-state index in [1.165, 1.54) is 0 Å². The summed E-state index contributed by atoms with van der Waals surface area (Å²) >= 11 is 0. The Morgan fingerprint density at radius 1 is 1.60 bits per heavy atom. The van der Waals surface area contributed by atoms with Crippen molar-refractivity contribution in [2.24, 2.45) is 10.9 Å². The molecule has 0 aromatic carbocycles. The van der Waals surface area contributed by atoms with Gasteiger partial charge in [-0.2, -0.15) is 0 Å². The van der Waals surface area contributed by atoms with Gasteiger partial charge in [-0.15, -0.1) is 0 Å². The Labute approximate surface area is 90.1 Å². The summed E-state index contributed by atoms with van der Waals surface area (Å²) in [4.78, 5) is 0. The summed E-state index contributed by atoms with van der Waals surface area (Å²) in [5.41, 5.74) is 4.49. The maximum atomic E-state index is 9.81. The Bertz CT molecular complexity index is 195. The normalized spacial score (nSPS) is 16.3. The fraction of sp³-hybridized carbons (Fsp3) is 0.889. The lowest BCUT2D eigenvalue weighted by atomic mass is 10.0. The Balaban J connectivity index is 3.56. The van der Waals surface area contributed by atoms with Crippen LogP contribution in [0.25, 0.3) is 0 Å². The van der Waals surface area contributed by atoms with E-state index in [0.29, 0.717) is 32.5 Å². The van der Waals surface area contributed by atoms with Crippen LogP contribution in [-0.2, 0) is 4.74 Å². The molecule has 0 aromatic rings. The van der Waals surface area contributed by atoms with Crippen LogP contribution in [0.1, 0.15) is 19.8 Å². The first-order chi connectivity index (χ1) is 7.02. The first-order valence-electron chi connectivity index (χ1n) is 4.90. The maximum Gasteiger partial charge on any atom is 0.140 e. The highest BCUT2D eigenvalue weighted by Gasteiger charge is 2.18. The zero-order valence-corrected chi connectivity index (χ0v) is 9.36. The molecule has 5 N–H and O–H groups in total. The molecule has 6 heteroatoms.